The first kappa shape index (κ1) is 15.9. The van der Waals surface area contributed by atoms with Crippen molar-refractivity contribution in [1.29, 1.82) is 0 Å². The lowest BCUT2D eigenvalue weighted by Crippen LogP contribution is -2.14. The molecule has 0 aliphatic heterocycles. The van der Waals surface area contributed by atoms with E-state index in [9.17, 15) is 4.79 Å². The number of aromatic nitrogens is 5. The predicted molar refractivity (Wildman–Crippen MR) is 102 cm³/mol. The molecule has 1 aromatic carbocycles. The highest BCUT2D eigenvalue weighted by molar-refractivity contribution is 5.76. The molecule has 3 heterocycles. The highest BCUT2D eigenvalue weighted by atomic mass is 16.5. The number of fused-ring (bicyclic) bond motifs is 2. The summed E-state index contributed by atoms with van der Waals surface area (Å²) in [5, 5.41) is 10.7. The highest BCUT2D eigenvalue weighted by Crippen LogP contribution is 2.33. The Morgan fingerprint density at radius 3 is 2.93 bits per heavy atom. The van der Waals surface area contributed by atoms with E-state index in [1.165, 1.54) is 10.1 Å². The van der Waals surface area contributed by atoms with Crippen molar-refractivity contribution < 1.29 is 4.74 Å². The molecule has 2 N–H and O–H groups in total. The lowest BCUT2D eigenvalue weighted by molar-refractivity contribution is 0.416. The van der Waals surface area contributed by atoms with Gasteiger partial charge in [0.1, 0.15) is 11.4 Å². The molecule has 136 valence electrons. The molecule has 7 nitrogen and oxygen atoms in total. The van der Waals surface area contributed by atoms with Gasteiger partial charge in [0.15, 0.2) is 5.65 Å². The van der Waals surface area contributed by atoms with Crippen LogP contribution in [-0.4, -0.2) is 31.9 Å². The normalized spacial score (nSPS) is 13.3. The molecule has 5 rings (SSSR count). The third-order valence-electron chi connectivity index (χ3n) is 5.28. The molecule has 0 saturated carbocycles. The van der Waals surface area contributed by atoms with E-state index in [0.717, 1.165) is 53.2 Å². The first-order valence-corrected chi connectivity index (χ1v) is 8.99. The van der Waals surface area contributed by atoms with Gasteiger partial charge in [-0.05, 0) is 38.3 Å². The summed E-state index contributed by atoms with van der Waals surface area (Å²) in [5.41, 5.74) is 6.81. The van der Waals surface area contributed by atoms with E-state index in [0.29, 0.717) is 11.3 Å². The Hall–Kier alpha value is -3.35. The molecule has 7 heteroatoms. The number of nitrogens with zero attached hydrogens (tertiary/aromatic N) is 3. The number of aromatic amines is 2. The van der Waals surface area contributed by atoms with Crippen molar-refractivity contribution in [2.75, 3.05) is 7.11 Å². The molecule has 0 atom stereocenters. The molecular weight excluding hydrogens is 342 g/mol. The van der Waals surface area contributed by atoms with Crippen molar-refractivity contribution in [2.24, 2.45) is 0 Å². The second kappa shape index (κ2) is 5.84. The van der Waals surface area contributed by atoms with Gasteiger partial charge < -0.3 is 4.74 Å². The van der Waals surface area contributed by atoms with Crippen molar-refractivity contribution in [2.45, 2.75) is 26.2 Å². The van der Waals surface area contributed by atoms with Crippen molar-refractivity contribution in [3.8, 4) is 28.4 Å². The number of hydrogen-bond donors (Lipinski definition) is 2. The fourth-order valence-electron chi connectivity index (χ4n) is 3.92. The maximum Gasteiger partial charge on any atom is 0.273 e. The van der Waals surface area contributed by atoms with Gasteiger partial charge in [-0.2, -0.15) is 5.10 Å². The Bertz CT molecular complexity index is 1230. The Morgan fingerprint density at radius 2 is 2.07 bits per heavy atom. The van der Waals surface area contributed by atoms with Crippen LogP contribution in [0.3, 0.4) is 0 Å². The third kappa shape index (κ3) is 2.31. The molecule has 0 bridgehead atoms. The van der Waals surface area contributed by atoms with E-state index in [1.54, 1.807) is 13.2 Å². The van der Waals surface area contributed by atoms with E-state index in [4.69, 9.17) is 9.72 Å². The van der Waals surface area contributed by atoms with Crippen LogP contribution in [0.15, 0.2) is 35.1 Å². The van der Waals surface area contributed by atoms with Crippen molar-refractivity contribution >= 4 is 5.65 Å². The first-order chi connectivity index (χ1) is 13.2. The van der Waals surface area contributed by atoms with Crippen molar-refractivity contribution in [1.82, 2.24) is 24.8 Å². The SMILES string of the molecule is COc1ccccc1-c1[nH]n2c(=O)cc(-c3n[nH]c4c3CCC4)nc2c1C. The molecule has 4 aromatic rings. The molecule has 0 amide bonds. The molecule has 0 fully saturated rings. The summed E-state index contributed by atoms with van der Waals surface area (Å²) in [6.45, 7) is 1.96. The number of ether oxygens (including phenoxy) is 1. The molecule has 0 radical (unpaired) electrons. The van der Waals surface area contributed by atoms with E-state index in [1.807, 2.05) is 31.2 Å². The summed E-state index contributed by atoms with van der Waals surface area (Å²) in [6, 6.07) is 9.26. The van der Waals surface area contributed by atoms with Gasteiger partial charge in [0.25, 0.3) is 5.56 Å². The van der Waals surface area contributed by atoms with Gasteiger partial charge in [-0.3, -0.25) is 15.0 Å². The zero-order valence-corrected chi connectivity index (χ0v) is 15.2. The second-order valence-electron chi connectivity index (χ2n) is 6.83. The summed E-state index contributed by atoms with van der Waals surface area (Å²) in [4.78, 5) is 17.5. The van der Waals surface area contributed by atoms with Crippen molar-refractivity contribution in [3.63, 3.8) is 0 Å². The van der Waals surface area contributed by atoms with Gasteiger partial charge in [-0.25, -0.2) is 9.50 Å². The maximum atomic E-state index is 12.8. The van der Waals surface area contributed by atoms with E-state index >= 15 is 0 Å². The summed E-state index contributed by atoms with van der Waals surface area (Å²) >= 11 is 0. The number of para-hydroxylation sites is 1. The van der Waals surface area contributed by atoms with Crippen LogP contribution in [0.2, 0.25) is 0 Å². The Labute approximate surface area is 155 Å². The average Bonchev–Trinajstić information content (AvgIpc) is 3.37. The monoisotopic (exact) mass is 361 g/mol. The number of rotatable bonds is 3. The van der Waals surface area contributed by atoms with Gasteiger partial charge in [-0.15, -0.1) is 0 Å². The van der Waals surface area contributed by atoms with Gasteiger partial charge in [0.05, 0.1) is 18.5 Å². The van der Waals surface area contributed by atoms with E-state index in [-0.39, 0.29) is 5.56 Å². The standard InChI is InChI=1S/C20H19N5O2/c1-11-18(13-6-3-4-9-16(13)27-2)24-25-17(26)10-15(21-20(11)25)19-12-7-5-8-14(12)22-23-19/h3-4,6,9-10,24H,5,7-8H2,1-2H3,(H,22,23). The van der Waals surface area contributed by atoms with Crippen LogP contribution in [0, 0.1) is 6.92 Å². The number of methoxy groups -OCH3 is 1. The smallest absolute Gasteiger partial charge is 0.273 e. The van der Waals surface area contributed by atoms with Crippen LogP contribution in [0.4, 0.5) is 0 Å². The minimum atomic E-state index is -0.158. The van der Waals surface area contributed by atoms with Gasteiger partial charge in [0.2, 0.25) is 0 Å². The van der Waals surface area contributed by atoms with Crippen LogP contribution in [0.1, 0.15) is 23.2 Å². The molecule has 0 unspecified atom stereocenters. The quantitative estimate of drug-likeness (QED) is 0.587. The fraction of sp³-hybridized carbons (Fsp3) is 0.250. The van der Waals surface area contributed by atoms with Gasteiger partial charge in [-0.1, -0.05) is 12.1 Å². The van der Waals surface area contributed by atoms with Crippen LogP contribution >= 0.6 is 0 Å². The number of benzene rings is 1. The Balaban J connectivity index is 1.73. The number of nitrogens with one attached hydrogen (secondary N) is 2. The van der Waals surface area contributed by atoms with Crippen molar-refractivity contribution in [3.05, 3.63) is 57.5 Å². The number of hydrogen-bond acceptors (Lipinski definition) is 4. The molecule has 1 aliphatic rings. The third-order valence-corrected chi connectivity index (χ3v) is 5.28. The van der Waals surface area contributed by atoms with Crippen LogP contribution in [-0.2, 0) is 12.8 Å². The molecule has 27 heavy (non-hydrogen) atoms. The van der Waals surface area contributed by atoms with Crippen LogP contribution in [0.25, 0.3) is 28.3 Å². The Morgan fingerprint density at radius 1 is 1.22 bits per heavy atom. The average molecular weight is 361 g/mol. The topological polar surface area (TPSA) is 88.1 Å². The predicted octanol–water partition coefficient (Wildman–Crippen LogP) is 2.89. The highest BCUT2D eigenvalue weighted by Gasteiger charge is 2.22. The molecule has 0 spiro atoms. The van der Waals surface area contributed by atoms with Gasteiger partial charge >= 0.3 is 0 Å². The van der Waals surface area contributed by atoms with Crippen LogP contribution < -0.4 is 10.3 Å². The minimum Gasteiger partial charge on any atom is -0.496 e. The maximum absolute atomic E-state index is 12.8. The lowest BCUT2D eigenvalue weighted by Gasteiger charge is -2.06. The lowest BCUT2D eigenvalue weighted by atomic mass is 10.1. The summed E-state index contributed by atoms with van der Waals surface area (Å²) < 4.78 is 6.95. The zero-order chi connectivity index (χ0) is 18.5. The summed E-state index contributed by atoms with van der Waals surface area (Å²) in [6.07, 6.45) is 3.09. The summed E-state index contributed by atoms with van der Waals surface area (Å²) in [5.74, 6) is 0.741. The second-order valence-corrected chi connectivity index (χ2v) is 6.83. The summed E-state index contributed by atoms with van der Waals surface area (Å²) in [7, 11) is 1.64. The molecule has 1 aliphatic carbocycles. The van der Waals surface area contributed by atoms with E-state index in [2.05, 4.69) is 15.3 Å². The Kier molecular flexibility index (Phi) is 3.43. The van der Waals surface area contributed by atoms with E-state index < -0.39 is 0 Å². The van der Waals surface area contributed by atoms with Gasteiger partial charge in [0, 0.05) is 28.5 Å². The number of aryl methyl sites for hydroxylation is 2. The van der Waals surface area contributed by atoms with Crippen LogP contribution in [0.5, 0.6) is 5.75 Å². The largest absolute Gasteiger partial charge is 0.496 e. The minimum absolute atomic E-state index is 0.158. The number of H-pyrrole nitrogens is 2. The first-order valence-electron chi connectivity index (χ1n) is 8.99. The molecular formula is C20H19N5O2. The fourth-order valence-corrected chi connectivity index (χ4v) is 3.92. The molecule has 3 aromatic heterocycles. The molecule has 0 saturated heterocycles. The zero-order valence-electron chi connectivity index (χ0n) is 15.2.